The third-order valence-corrected chi connectivity index (χ3v) is 3.51. The van der Waals surface area contributed by atoms with Crippen LogP contribution >= 0.6 is 0 Å². The van der Waals surface area contributed by atoms with Crippen LogP contribution in [-0.4, -0.2) is 11.9 Å². The van der Waals surface area contributed by atoms with E-state index < -0.39 is 0 Å². The lowest BCUT2D eigenvalue weighted by Crippen LogP contribution is -2.26. The smallest absolute Gasteiger partial charge is 0.318 e. The molecule has 1 aliphatic carbocycles. The Hall–Kier alpha value is -1.90. The molecule has 86 valence electrons. The molecule has 0 N–H and O–H groups in total. The fourth-order valence-corrected chi connectivity index (χ4v) is 2.68. The molecule has 3 nitrogen and oxygen atoms in total. The Morgan fingerprint density at radius 1 is 1.06 bits per heavy atom. The highest BCUT2D eigenvalue weighted by molar-refractivity contribution is 5.97. The number of cyclic esters (lactones) is 2. The van der Waals surface area contributed by atoms with Gasteiger partial charge in [0.15, 0.2) is 0 Å². The average molecular weight is 228 g/mol. The molecule has 1 heterocycles. The number of allylic oxidation sites excluding steroid dienone is 2. The van der Waals surface area contributed by atoms with E-state index >= 15 is 0 Å². The summed E-state index contributed by atoms with van der Waals surface area (Å²) in [5, 5.41) is 0. The van der Waals surface area contributed by atoms with Crippen molar-refractivity contribution in [2.24, 2.45) is 11.8 Å². The molecule has 0 unspecified atom stereocenters. The van der Waals surface area contributed by atoms with Gasteiger partial charge in [-0.1, -0.05) is 42.5 Å². The molecule has 1 aliphatic heterocycles. The first kappa shape index (κ1) is 10.3. The van der Waals surface area contributed by atoms with E-state index in [1.807, 2.05) is 42.5 Å². The summed E-state index contributed by atoms with van der Waals surface area (Å²) in [4.78, 5) is 23.2. The molecule has 17 heavy (non-hydrogen) atoms. The molecule has 3 rings (SSSR count). The van der Waals surface area contributed by atoms with Gasteiger partial charge in [0.25, 0.3) is 0 Å². The van der Waals surface area contributed by atoms with Crippen molar-refractivity contribution >= 4 is 11.9 Å². The highest BCUT2D eigenvalue weighted by Crippen LogP contribution is 2.42. The van der Waals surface area contributed by atoms with E-state index in [4.69, 9.17) is 4.74 Å². The van der Waals surface area contributed by atoms with Crippen LogP contribution in [0.25, 0.3) is 0 Å². The number of rotatable bonds is 1. The van der Waals surface area contributed by atoms with Gasteiger partial charge < -0.3 is 4.74 Å². The molecule has 1 aromatic rings. The Morgan fingerprint density at radius 3 is 2.59 bits per heavy atom. The number of carbonyl (C=O) groups is 2. The summed E-state index contributed by atoms with van der Waals surface area (Å²) in [5.74, 6) is -1.41. The fraction of sp³-hybridized carbons (Fsp3) is 0.286. The maximum atomic E-state index is 11.7. The van der Waals surface area contributed by atoms with E-state index in [1.54, 1.807) is 0 Å². The van der Waals surface area contributed by atoms with Gasteiger partial charge >= 0.3 is 11.9 Å². The predicted molar refractivity (Wildman–Crippen MR) is 61.0 cm³/mol. The zero-order chi connectivity index (χ0) is 11.8. The van der Waals surface area contributed by atoms with Gasteiger partial charge in [0, 0.05) is 5.92 Å². The van der Waals surface area contributed by atoms with Crippen LogP contribution in [0.2, 0.25) is 0 Å². The van der Waals surface area contributed by atoms with Crippen molar-refractivity contribution in [2.45, 2.75) is 12.3 Å². The monoisotopic (exact) mass is 228 g/mol. The van der Waals surface area contributed by atoms with E-state index in [1.165, 1.54) is 0 Å². The first-order valence-electron chi connectivity index (χ1n) is 5.74. The SMILES string of the molecule is O=C1OC(=O)[C@@H]2CC=C[C@H](c3ccccc3)[C@H]12. The van der Waals surface area contributed by atoms with Crippen molar-refractivity contribution in [1.82, 2.24) is 0 Å². The fourth-order valence-electron chi connectivity index (χ4n) is 2.68. The molecule has 3 atom stereocenters. The van der Waals surface area contributed by atoms with Crippen molar-refractivity contribution in [3.8, 4) is 0 Å². The molecular weight excluding hydrogens is 216 g/mol. The number of esters is 2. The normalized spacial score (nSPS) is 31.2. The minimum atomic E-state index is -0.377. The van der Waals surface area contributed by atoms with Crippen LogP contribution in [0, 0.1) is 11.8 Å². The van der Waals surface area contributed by atoms with Crippen LogP contribution in [0.5, 0.6) is 0 Å². The van der Waals surface area contributed by atoms with Crippen molar-refractivity contribution < 1.29 is 14.3 Å². The van der Waals surface area contributed by atoms with Crippen molar-refractivity contribution in [3.05, 3.63) is 48.0 Å². The molecule has 0 bridgehead atoms. The second kappa shape index (κ2) is 3.84. The van der Waals surface area contributed by atoms with Crippen LogP contribution in [0.15, 0.2) is 42.5 Å². The van der Waals surface area contributed by atoms with Crippen LogP contribution in [0.4, 0.5) is 0 Å². The van der Waals surface area contributed by atoms with Crippen LogP contribution < -0.4 is 0 Å². The second-order valence-corrected chi connectivity index (χ2v) is 4.47. The highest BCUT2D eigenvalue weighted by Gasteiger charge is 2.48. The lowest BCUT2D eigenvalue weighted by molar-refractivity contribution is -0.153. The summed E-state index contributed by atoms with van der Waals surface area (Å²) in [7, 11) is 0. The lowest BCUT2D eigenvalue weighted by atomic mass is 9.74. The predicted octanol–water partition coefficient (Wildman–Crippen LogP) is 2.05. The molecular formula is C14H12O3. The third-order valence-electron chi connectivity index (χ3n) is 3.51. The van der Waals surface area contributed by atoms with Crippen LogP contribution in [0.1, 0.15) is 17.9 Å². The summed E-state index contributed by atoms with van der Waals surface area (Å²) in [6.45, 7) is 0. The van der Waals surface area contributed by atoms with Gasteiger partial charge in [-0.2, -0.15) is 0 Å². The van der Waals surface area contributed by atoms with Crippen LogP contribution in [-0.2, 0) is 14.3 Å². The molecule has 1 fully saturated rings. The van der Waals surface area contributed by atoms with E-state index in [0.717, 1.165) is 5.56 Å². The summed E-state index contributed by atoms with van der Waals surface area (Å²) in [5.41, 5.74) is 1.06. The number of hydrogen-bond donors (Lipinski definition) is 0. The summed E-state index contributed by atoms with van der Waals surface area (Å²) in [6, 6.07) is 9.77. The highest BCUT2D eigenvalue weighted by atomic mass is 16.6. The quantitative estimate of drug-likeness (QED) is 0.419. The van der Waals surface area contributed by atoms with Crippen molar-refractivity contribution in [1.29, 1.82) is 0 Å². The topological polar surface area (TPSA) is 43.4 Å². The first-order valence-corrected chi connectivity index (χ1v) is 5.74. The largest absolute Gasteiger partial charge is 0.393 e. The first-order chi connectivity index (χ1) is 8.27. The molecule has 0 amide bonds. The minimum Gasteiger partial charge on any atom is -0.393 e. The van der Waals surface area contributed by atoms with Gasteiger partial charge in [-0.3, -0.25) is 9.59 Å². The molecule has 0 radical (unpaired) electrons. The third kappa shape index (κ3) is 1.58. The molecule has 3 heteroatoms. The Labute approximate surface area is 99.1 Å². The number of hydrogen-bond acceptors (Lipinski definition) is 3. The van der Waals surface area contributed by atoms with E-state index in [0.29, 0.717) is 6.42 Å². The number of benzene rings is 1. The van der Waals surface area contributed by atoms with E-state index in [2.05, 4.69) is 0 Å². The minimum absolute atomic E-state index is 0.0334. The van der Waals surface area contributed by atoms with Gasteiger partial charge in [0.05, 0.1) is 11.8 Å². The van der Waals surface area contributed by atoms with Crippen molar-refractivity contribution in [3.63, 3.8) is 0 Å². The molecule has 0 aromatic heterocycles. The Kier molecular flexibility index (Phi) is 2.32. The van der Waals surface area contributed by atoms with E-state index in [9.17, 15) is 9.59 Å². The summed E-state index contributed by atoms with van der Waals surface area (Å²) >= 11 is 0. The van der Waals surface area contributed by atoms with Gasteiger partial charge in [0.2, 0.25) is 0 Å². The molecule has 0 spiro atoms. The standard InChI is InChI=1S/C14H12O3/c15-13-11-8-4-7-10(12(11)14(16)17-13)9-5-2-1-3-6-9/h1-7,10-12H,8H2/t10-,11-,12+/m1/s1. The number of ether oxygens (including phenoxy) is 1. The van der Waals surface area contributed by atoms with Crippen LogP contribution in [0.3, 0.4) is 0 Å². The lowest BCUT2D eigenvalue weighted by Gasteiger charge is -2.24. The second-order valence-electron chi connectivity index (χ2n) is 4.47. The van der Waals surface area contributed by atoms with Crippen molar-refractivity contribution in [2.75, 3.05) is 0 Å². The Balaban J connectivity index is 2.00. The van der Waals surface area contributed by atoms with Gasteiger partial charge in [0.1, 0.15) is 0 Å². The Morgan fingerprint density at radius 2 is 1.82 bits per heavy atom. The summed E-state index contributed by atoms with van der Waals surface area (Å²) in [6.07, 6.45) is 4.59. The zero-order valence-corrected chi connectivity index (χ0v) is 9.21. The van der Waals surface area contributed by atoms with Gasteiger partial charge in [-0.25, -0.2) is 0 Å². The van der Waals surface area contributed by atoms with E-state index in [-0.39, 0.29) is 29.7 Å². The molecule has 0 saturated carbocycles. The number of fused-ring (bicyclic) bond motifs is 1. The molecule has 1 aromatic carbocycles. The molecule has 1 saturated heterocycles. The number of carbonyl (C=O) groups excluding carboxylic acids is 2. The zero-order valence-electron chi connectivity index (χ0n) is 9.21. The summed E-state index contributed by atoms with van der Waals surface area (Å²) < 4.78 is 4.74. The maximum Gasteiger partial charge on any atom is 0.318 e. The Bertz CT molecular complexity index is 489. The maximum absolute atomic E-state index is 11.7. The van der Waals surface area contributed by atoms with Gasteiger partial charge in [-0.05, 0) is 12.0 Å². The average Bonchev–Trinajstić information content (AvgIpc) is 2.66. The van der Waals surface area contributed by atoms with Gasteiger partial charge in [-0.15, -0.1) is 0 Å². The molecule has 2 aliphatic rings.